The van der Waals surface area contributed by atoms with Gasteiger partial charge in [0, 0.05) is 5.75 Å². The van der Waals surface area contributed by atoms with E-state index in [1.54, 1.807) is 18.1 Å². The van der Waals surface area contributed by atoms with Gasteiger partial charge in [0.2, 0.25) is 0 Å². The summed E-state index contributed by atoms with van der Waals surface area (Å²) in [5.41, 5.74) is 1.06. The third kappa shape index (κ3) is 0.448. The SMILES string of the molecule is C1=NC2=CCSC2=N1. The lowest BCUT2D eigenvalue weighted by Gasteiger charge is -1.83. The number of thioether (sulfide) groups is 1. The maximum atomic E-state index is 4.02. The van der Waals surface area contributed by atoms with Crippen molar-refractivity contribution in [2.45, 2.75) is 0 Å². The molecule has 3 heteroatoms. The molecule has 0 unspecified atom stereocenters. The molecule has 0 N–H and O–H groups in total. The Bertz CT molecular complexity index is 202. The highest BCUT2D eigenvalue weighted by molar-refractivity contribution is 8.15. The van der Waals surface area contributed by atoms with Crippen LogP contribution in [-0.4, -0.2) is 17.1 Å². The van der Waals surface area contributed by atoms with Crippen LogP contribution in [0, 0.1) is 0 Å². The molecule has 0 fully saturated rings. The molecular formula is C5H4N2S. The molecule has 0 atom stereocenters. The van der Waals surface area contributed by atoms with Gasteiger partial charge in [-0.2, -0.15) is 0 Å². The van der Waals surface area contributed by atoms with Gasteiger partial charge in [0.15, 0.2) is 0 Å². The normalized spacial score (nSPS) is 23.0. The van der Waals surface area contributed by atoms with Crippen molar-refractivity contribution in [2.75, 3.05) is 5.75 Å². The van der Waals surface area contributed by atoms with Gasteiger partial charge in [-0.25, -0.2) is 9.98 Å². The van der Waals surface area contributed by atoms with Crippen molar-refractivity contribution in [2.24, 2.45) is 9.98 Å². The van der Waals surface area contributed by atoms with Gasteiger partial charge >= 0.3 is 0 Å². The van der Waals surface area contributed by atoms with Crippen LogP contribution in [0.5, 0.6) is 0 Å². The number of hydrogen-bond donors (Lipinski definition) is 0. The summed E-state index contributed by atoms with van der Waals surface area (Å²) in [7, 11) is 0. The standard InChI is InChI=1S/C5H4N2S/c1-2-8-5-4(1)6-3-7-5/h1,3H,2H2. The number of aliphatic imine (C=N–C) groups is 2. The first kappa shape index (κ1) is 4.32. The molecule has 0 amide bonds. The predicted octanol–water partition coefficient (Wildman–Crippen LogP) is 1.06. The zero-order valence-corrected chi connectivity index (χ0v) is 4.98. The minimum atomic E-state index is 1.05. The van der Waals surface area contributed by atoms with Crippen molar-refractivity contribution in [1.29, 1.82) is 0 Å². The molecule has 2 aliphatic rings. The van der Waals surface area contributed by atoms with Crippen LogP contribution in [-0.2, 0) is 0 Å². The van der Waals surface area contributed by atoms with Gasteiger partial charge < -0.3 is 0 Å². The van der Waals surface area contributed by atoms with Gasteiger partial charge in [-0.05, 0) is 6.08 Å². The molecule has 0 radical (unpaired) electrons. The zero-order chi connectivity index (χ0) is 5.40. The van der Waals surface area contributed by atoms with E-state index in [0.29, 0.717) is 0 Å². The monoisotopic (exact) mass is 124 g/mol. The first-order chi connectivity index (χ1) is 3.97. The van der Waals surface area contributed by atoms with Crippen molar-refractivity contribution in [3.05, 3.63) is 11.8 Å². The molecule has 0 saturated carbocycles. The summed E-state index contributed by atoms with van der Waals surface area (Å²) in [5.74, 6) is 1.05. The Labute approximate surface area is 51.4 Å². The van der Waals surface area contributed by atoms with Crippen molar-refractivity contribution in [3.8, 4) is 0 Å². The second kappa shape index (κ2) is 1.45. The van der Waals surface area contributed by atoms with E-state index in [9.17, 15) is 0 Å². The smallest absolute Gasteiger partial charge is 0.124 e. The summed E-state index contributed by atoms with van der Waals surface area (Å²) < 4.78 is 0. The minimum absolute atomic E-state index is 1.05. The third-order valence-electron chi connectivity index (χ3n) is 1.09. The summed E-state index contributed by atoms with van der Waals surface area (Å²) in [4.78, 5) is 8.03. The number of rotatable bonds is 0. The van der Waals surface area contributed by atoms with Crippen LogP contribution >= 0.6 is 11.8 Å². The average Bonchev–Trinajstić information content (AvgIpc) is 2.15. The van der Waals surface area contributed by atoms with Crippen molar-refractivity contribution in [1.82, 2.24) is 0 Å². The molecule has 2 heterocycles. The lowest BCUT2D eigenvalue weighted by Crippen LogP contribution is -1.80. The van der Waals surface area contributed by atoms with Gasteiger partial charge in [-0.15, -0.1) is 0 Å². The van der Waals surface area contributed by atoms with Crippen LogP contribution in [0.15, 0.2) is 21.8 Å². The minimum Gasteiger partial charge on any atom is -0.234 e. The lowest BCUT2D eigenvalue weighted by atomic mass is 10.5. The Kier molecular flexibility index (Phi) is 0.784. The molecule has 2 aliphatic heterocycles. The van der Waals surface area contributed by atoms with Gasteiger partial charge in [-0.3, -0.25) is 0 Å². The van der Waals surface area contributed by atoms with E-state index in [-0.39, 0.29) is 0 Å². The quantitative estimate of drug-likeness (QED) is 0.474. The summed E-state index contributed by atoms with van der Waals surface area (Å²) in [6.07, 6.45) is 3.69. The first-order valence-corrected chi connectivity index (χ1v) is 3.39. The second-order valence-corrected chi connectivity index (χ2v) is 2.59. The van der Waals surface area contributed by atoms with E-state index in [4.69, 9.17) is 0 Å². The predicted molar refractivity (Wildman–Crippen MR) is 36.5 cm³/mol. The van der Waals surface area contributed by atoms with E-state index in [1.165, 1.54) is 0 Å². The summed E-state index contributed by atoms with van der Waals surface area (Å²) in [6, 6.07) is 0. The highest BCUT2D eigenvalue weighted by Gasteiger charge is 2.14. The second-order valence-electron chi connectivity index (χ2n) is 1.58. The van der Waals surface area contributed by atoms with E-state index in [2.05, 4.69) is 16.1 Å². The lowest BCUT2D eigenvalue weighted by molar-refractivity contribution is 1.51. The molecule has 2 nitrogen and oxygen atoms in total. The van der Waals surface area contributed by atoms with Crippen molar-refractivity contribution >= 4 is 23.1 Å². The Balaban J connectivity index is 2.49. The third-order valence-corrected chi connectivity index (χ3v) is 2.01. The molecule has 0 saturated heterocycles. The van der Waals surface area contributed by atoms with Gasteiger partial charge in [0.05, 0.1) is 5.70 Å². The molecule has 0 aromatic rings. The molecule has 0 spiro atoms. The molecule has 0 bridgehead atoms. The summed E-state index contributed by atoms with van der Waals surface area (Å²) >= 11 is 1.75. The number of hydrogen-bond acceptors (Lipinski definition) is 3. The van der Waals surface area contributed by atoms with Gasteiger partial charge in [-0.1, -0.05) is 11.8 Å². The maximum Gasteiger partial charge on any atom is 0.124 e. The van der Waals surface area contributed by atoms with Crippen LogP contribution in [0.3, 0.4) is 0 Å². The molecular weight excluding hydrogens is 120 g/mol. The highest BCUT2D eigenvalue weighted by Crippen LogP contribution is 2.24. The van der Waals surface area contributed by atoms with Crippen molar-refractivity contribution in [3.63, 3.8) is 0 Å². The van der Waals surface area contributed by atoms with Crippen LogP contribution in [0.1, 0.15) is 0 Å². The largest absolute Gasteiger partial charge is 0.234 e. The van der Waals surface area contributed by atoms with E-state index >= 15 is 0 Å². The van der Waals surface area contributed by atoms with Gasteiger partial charge in [0.25, 0.3) is 0 Å². The molecule has 40 valence electrons. The van der Waals surface area contributed by atoms with Crippen LogP contribution in [0.4, 0.5) is 0 Å². The fraction of sp³-hybridized carbons (Fsp3) is 0.200. The van der Waals surface area contributed by atoms with Crippen molar-refractivity contribution < 1.29 is 0 Å². The Morgan fingerprint density at radius 3 is 3.50 bits per heavy atom. The Morgan fingerprint density at radius 1 is 1.62 bits per heavy atom. The number of fused-ring (bicyclic) bond motifs is 1. The Hall–Kier alpha value is -0.570. The highest BCUT2D eigenvalue weighted by atomic mass is 32.2. The first-order valence-electron chi connectivity index (χ1n) is 2.40. The topological polar surface area (TPSA) is 24.7 Å². The molecule has 0 aromatic carbocycles. The maximum absolute atomic E-state index is 4.02. The van der Waals surface area contributed by atoms with E-state index < -0.39 is 0 Å². The molecule has 0 aromatic heterocycles. The molecule has 2 rings (SSSR count). The Morgan fingerprint density at radius 2 is 2.62 bits per heavy atom. The van der Waals surface area contributed by atoms with Crippen LogP contribution in [0.2, 0.25) is 0 Å². The number of nitrogens with zero attached hydrogens (tertiary/aromatic N) is 2. The molecule has 8 heavy (non-hydrogen) atoms. The fourth-order valence-electron chi connectivity index (χ4n) is 0.716. The summed E-state index contributed by atoms with van der Waals surface area (Å²) in [5, 5.41) is 1.09. The van der Waals surface area contributed by atoms with Gasteiger partial charge in [0.1, 0.15) is 11.4 Å². The zero-order valence-electron chi connectivity index (χ0n) is 4.16. The molecule has 0 aliphatic carbocycles. The van der Waals surface area contributed by atoms with E-state index in [1.807, 2.05) is 0 Å². The van der Waals surface area contributed by atoms with Crippen LogP contribution < -0.4 is 0 Å². The summed E-state index contributed by atoms with van der Waals surface area (Å²) in [6.45, 7) is 0. The average molecular weight is 124 g/mol. The van der Waals surface area contributed by atoms with E-state index in [0.717, 1.165) is 16.5 Å². The fourth-order valence-corrected chi connectivity index (χ4v) is 1.52. The van der Waals surface area contributed by atoms with Crippen LogP contribution in [0.25, 0.3) is 0 Å².